The number of rotatable bonds is 5. The molecule has 15 heteroatoms. The number of piperazine rings is 1. The van der Waals surface area contributed by atoms with Crippen molar-refractivity contribution in [3.8, 4) is 10.7 Å². The van der Waals surface area contributed by atoms with Gasteiger partial charge in [0.1, 0.15) is 10.6 Å². The Kier molecular flexibility index (Phi) is 5.83. The Morgan fingerprint density at radius 1 is 1.23 bits per heavy atom. The van der Waals surface area contributed by atoms with Crippen LogP contribution in [0.15, 0.2) is 23.4 Å². The molecule has 3 aromatic rings. The van der Waals surface area contributed by atoms with Crippen molar-refractivity contribution in [1.82, 2.24) is 29.6 Å². The molecule has 0 radical (unpaired) electrons. The molecule has 0 amide bonds. The molecule has 2 aliphatic rings. The van der Waals surface area contributed by atoms with Crippen LogP contribution in [0.3, 0.4) is 0 Å². The predicted octanol–water partition coefficient (Wildman–Crippen LogP) is 2.13. The highest BCUT2D eigenvalue weighted by atomic mass is 32.2. The molecule has 0 saturated carbocycles. The van der Waals surface area contributed by atoms with E-state index in [2.05, 4.69) is 25.2 Å². The molecule has 0 unspecified atom stereocenters. The van der Waals surface area contributed by atoms with Crippen LogP contribution in [0.25, 0.3) is 16.3 Å². The van der Waals surface area contributed by atoms with Crippen LogP contribution in [-0.4, -0.2) is 71.9 Å². The first-order valence-corrected chi connectivity index (χ1v) is 13.2. The molecule has 0 spiro atoms. The van der Waals surface area contributed by atoms with Crippen LogP contribution in [0.1, 0.15) is 25.8 Å². The average molecular weight is 532 g/mol. The Morgan fingerprint density at radius 3 is 2.49 bits per heavy atom. The summed E-state index contributed by atoms with van der Waals surface area (Å²) >= 11 is 0.377. The topological polar surface area (TPSA) is 114 Å². The molecule has 10 nitrogen and oxygen atoms in total. The van der Waals surface area contributed by atoms with Crippen molar-refractivity contribution in [1.29, 1.82) is 0 Å². The summed E-state index contributed by atoms with van der Waals surface area (Å²) in [5.74, 6) is 0. The normalized spacial score (nSPS) is 23.0. The van der Waals surface area contributed by atoms with E-state index >= 15 is 0 Å². The van der Waals surface area contributed by atoms with Crippen molar-refractivity contribution in [2.75, 3.05) is 31.2 Å². The number of aromatic nitrogens is 4. The van der Waals surface area contributed by atoms with Gasteiger partial charge in [0, 0.05) is 31.4 Å². The molecular formula is C20H24F3N7O3S2. The summed E-state index contributed by atoms with van der Waals surface area (Å²) in [6.07, 6.45) is -1.89. The van der Waals surface area contributed by atoms with Gasteiger partial charge < -0.3 is 15.0 Å². The summed E-state index contributed by atoms with van der Waals surface area (Å²) in [7, 11) is -3.99. The number of sulfonamides is 1. The van der Waals surface area contributed by atoms with Gasteiger partial charge in [-0.25, -0.2) is 18.1 Å². The lowest BCUT2D eigenvalue weighted by atomic mass is 10.0. The fourth-order valence-corrected chi connectivity index (χ4v) is 6.51. The van der Waals surface area contributed by atoms with Gasteiger partial charge >= 0.3 is 6.18 Å². The van der Waals surface area contributed by atoms with E-state index in [1.54, 1.807) is 13.0 Å². The molecule has 35 heavy (non-hydrogen) atoms. The number of ether oxygens (including phenoxy) is 1. The minimum absolute atomic E-state index is 0.0142. The van der Waals surface area contributed by atoms with E-state index in [1.807, 2.05) is 18.7 Å². The Labute approximate surface area is 203 Å². The van der Waals surface area contributed by atoms with Crippen LogP contribution < -0.4 is 14.9 Å². The maximum Gasteiger partial charge on any atom is 0.445 e. The number of fused-ring (bicyclic) bond motifs is 1. The molecule has 3 aromatic heterocycles. The van der Waals surface area contributed by atoms with Gasteiger partial charge in [-0.05, 0) is 26.8 Å². The Bertz CT molecular complexity index is 1360. The molecular weight excluding hydrogens is 507 g/mol. The largest absolute Gasteiger partial charge is 0.445 e. The van der Waals surface area contributed by atoms with Gasteiger partial charge in [0.25, 0.3) is 0 Å². The molecule has 0 aromatic carbocycles. The molecule has 5 heterocycles. The summed E-state index contributed by atoms with van der Waals surface area (Å²) in [6.45, 7) is 7.48. The summed E-state index contributed by atoms with van der Waals surface area (Å²) in [5, 5.41) is 9.29. The molecule has 2 atom stereocenters. The van der Waals surface area contributed by atoms with Crippen LogP contribution in [0, 0.1) is 0 Å². The standard InChI is InChI=1S/C20H24F3N7O3S2/c1-11-6-29(7-12(2)25-11)14-4-13(35(31,32)28-19(3)9-33-10-19)8-30-15(5-24-16(14)30)17-26-27-18(34-17)20(21,22)23/h4-5,8,11-12,25,28H,6-7,9-10H2,1-3H3/t11-,12-/m0/s1. The zero-order chi connectivity index (χ0) is 25.2. The molecule has 0 bridgehead atoms. The Morgan fingerprint density at radius 2 is 1.91 bits per heavy atom. The van der Waals surface area contributed by atoms with Crippen molar-refractivity contribution in [2.45, 2.75) is 49.5 Å². The van der Waals surface area contributed by atoms with Gasteiger partial charge in [0.2, 0.25) is 15.0 Å². The van der Waals surface area contributed by atoms with Gasteiger partial charge in [0.05, 0.1) is 30.6 Å². The minimum Gasteiger partial charge on any atom is -0.377 e. The average Bonchev–Trinajstić information content (AvgIpc) is 3.37. The molecule has 2 aliphatic heterocycles. The lowest BCUT2D eigenvalue weighted by Crippen LogP contribution is -2.59. The third-order valence-corrected chi connectivity index (χ3v) is 8.47. The number of anilines is 1. The van der Waals surface area contributed by atoms with Crippen molar-refractivity contribution in [3.63, 3.8) is 0 Å². The Balaban J connectivity index is 1.66. The highest BCUT2D eigenvalue weighted by Gasteiger charge is 2.39. The summed E-state index contributed by atoms with van der Waals surface area (Å²) < 4.78 is 75.4. The number of hydrogen-bond donors (Lipinski definition) is 2. The first-order valence-electron chi connectivity index (χ1n) is 10.9. The fourth-order valence-electron chi connectivity index (χ4n) is 4.40. The number of nitrogens with zero attached hydrogens (tertiary/aromatic N) is 5. The molecule has 5 rings (SSSR count). The van der Waals surface area contributed by atoms with E-state index in [0.29, 0.717) is 35.8 Å². The predicted molar refractivity (Wildman–Crippen MR) is 123 cm³/mol. The lowest BCUT2D eigenvalue weighted by molar-refractivity contribution is -0.138. The quantitative estimate of drug-likeness (QED) is 0.515. The van der Waals surface area contributed by atoms with Crippen molar-refractivity contribution in [2.24, 2.45) is 0 Å². The van der Waals surface area contributed by atoms with Crippen molar-refractivity contribution < 1.29 is 26.3 Å². The Hall–Kier alpha value is -2.33. The molecule has 2 N–H and O–H groups in total. The van der Waals surface area contributed by atoms with Gasteiger partial charge in [-0.3, -0.25) is 4.40 Å². The molecule has 2 fully saturated rings. The first kappa shape index (κ1) is 24.4. The van der Waals surface area contributed by atoms with Gasteiger partial charge in [0.15, 0.2) is 10.7 Å². The maximum absolute atomic E-state index is 13.3. The summed E-state index contributed by atoms with van der Waals surface area (Å²) in [5.41, 5.74) is 0.475. The van der Waals surface area contributed by atoms with Crippen molar-refractivity contribution in [3.05, 3.63) is 23.5 Å². The van der Waals surface area contributed by atoms with Crippen LogP contribution in [0.4, 0.5) is 18.9 Å². The monoisotopic (exact) mass is 531 g/mol. The second kappa shape index (κ2) is 8.37. The lowest BCUT2D eigenvalue weighted by Gasteiger charge is -2.39. The van der Waals surface area contributed by atoms with E-state index in [0.717, 1.165) is 0 Å². The smallest absolute Gasteiger partial charge is 0.377 e. The SMILES string of the molecule is C[C@H]1CN(c2cc(S(=O)(=O)NC3(C)COC3)cn3c(-c4nnc(C(F)(F)F)s4)cnc23)C[C@H](C)N1. The van der Waals surface area contributed by atoms with E-state index in [-0.39, 0.29) is 40.9 Å². The minimum atomic E-state index is -4.63. The van der Waals surface area contributed by atoms with E-state index in [9.17, 15) is 21.6 Å². The number of nitrogens with one attached hydrogen (secondary N) is 2. The van der Waals surface area contributed by atoms with Crippen molar-refractivity contribution >= 4 is 32.7 Å². The second-order valence-corrected chi connectivity index (χ2v) is 12.0. The first-order chi connectivity index (χ1) is 16.3. The number of imidazole rings is 1. The fraction of sp³-hybridized carbons (Fsp3) is 0.550. The van der Waals surface area contributed by atoms with E-state index < -0.39 is 26.7 Å². The highest BCUT2D eigenvalue weighted by Crippen LogP contribution is 2.36. The third-order valence-electron chi connectivity index (χ3n) is 5.88. The molecule has 0 aliphatic carbocycles. The van der Waals surface area contributed by atoms with E-state index in [1.165, 1.54) is 16.8 Å². The van der Waals surface area contributed by atoms with Crippen LogP contribution in [0.2, 0.25) is 0 Å². The van der Waals surface area contributed by atoms with Crippen LogP contribution >= 0.6 is 11.3 Å². The number of pyridine rings is 1. The highest BCUT2D eigenvalue weighted by molar-refractivity contribution is 7.89. The van der Waals surface area contributed by atoms with Crippen LogP contribution in [-0.2, 0) is 20.9 Å². The van der Waals surface area contributed by atoms with E-state index in [4.69, 9.17) is 4.74 Å². The molecule has 2 saturated heterocycles. The maximum atomic E-state index is 13.3. The third kappa shape index (κ3) is 4.62. The zero-order valence-electron chi connectivity index (χ0n) is 19.1. The summed E-state index contributed by atoms with van der Waals surface area (Å²) in [6, 6.07) is 1.83. The van der Waals surface area contributed by atoms with Gasteiger partial charge in [-0.15, -0.1) is 10.2 Å². The van der Waals surface area contributed by atoms with Gasteiger partial charge in [-0.1, -0.05) is 11.3 Å². The van der Waals surface area contributed by atoms with Gasteiger partial charge in [-0.2, -0.15) is 13.2 Å². The number of hydrogen-bond acceptors (Lipinski definition) is 9. The molecule has 190 valence electrons. The summed E-state index contributed by atoms with van der Waals surface area (Å²) in [4.78, 5) is 6.44. The van der Waals surface area contributed by atoms with Crippen LogP contribution in [0.5, 0.6) is 0 Å². The number of alkyl halides is 3. The number of halogens is 3. The zero-order valence-corrected chi connectivity index (χ0v) is 20.8. The second-order valence-electron chi connectivity index (χ2n) is 9.34.